The Morgan fingerprint density at radius 3 is 2.60 bits per heavy atom. The molecule has 0 saturated heterocycles. The SMILES string of the molecule is CCCC(NS(=O)(=O)c1ccc(C(=O)OC)s1)C(=O)O. The monoisotopic (exact) mass is 321 g/mol. The standard InChI is InChI=1S/C11H15NO6S2/c1-3-4-7(10(13)14)12-20(16,17)9-6-5-8(19-9)11(15)18-2/h5-7,12H,3-4H2,1-2H3,(H,13,14). The first kappa shape index (κ1) is 16.6. The molecule has 20 heavy (non-hydrogen) atoms. The van der Waals surface area contributed by atoms with Crippen LogP contribution in [-0.4, -0.2) is 38.6 Å². The van der Waals surface area contributed by atoms with Crippen molar-refractivity contribution < 1.29 is 27.9 Å². The second kappa shape index (κ2) is 6.82. The highest BCUT2D eigenvalue weighted by Gasteiger charge is 2.26. The molecule has 0 aliphatic rings. The molecule has 0 spiro atoms. The normalized spacial score (nSPS) is 12.9. The van der Waals surface area contributed by atoms with Crippen LogP contribution >= 0.6 is 11.3 Å². The molecule has 0 aromatic carbocycles. The van der Waals surface area contributed by atoms with Gasteiger partial charge < -0.3 is 9.84 Å². The quantitative estimate of drug-likeness (QED) is 0.727. The highest BCUT2D eigenvalue weighted by atomic mass is 32.2. The number of ether oxygens (including phenoxy) is 1. The molecule has 0 aliphatic heterocycles. The third-order valence-corrected chi connectivity index (χ3v) is 5.43. The first-order valence-corrected chi connectivity index (χ1v) is 8.05. The van der Waals surface area contributed by atoms with Gasteiger partial charge in [0.15, 0.2) is 0 Å². The molecule has 2 N–H and O–H groups in total. The van der Waals surface area contributed by atoms with Crippen molar-refractivity contribution in [2.24, 2.45) is 0 Å². The fourth-order valence-electron chi connectivity index (χ4n) is 1.44. The van der Waals surface area contributed by atoms with Crippen LogP contribution < -0.4 is 4.72 Å². The van der Waals surface area contributed by atoms with Crippen LogP contribution in [0.2, 0.25) is 0 Å². The zero-order valence-electron chi connectivity index (χ0n) is 11.0. The van der Waals surface area contributed by atoms with E-state index in [1.165, 1.54) is 19.2 Å². The average Bonchev–Trinajstić information content (AvgIpc) is 2.87. The molecule has 0 fully saturated rings. The van der Waals surface area contributed by atoms with E-state index in [2.05, 4.69) is 9.46 Å². The Balaban J connectivity index is 2.95. The minimum atomic E-state index is -3.97. The number of carbonyl (C=O) groups is 2. The number of esters is 1. The van der Waals surface area contributed by atoms with Gasteiger partial charge in [0.05, 0.1) is 7.11 Å². The molecule has 1 rings (SSSR count). The Hall–Kier alpha value is -1.45. The second-order valence-corrected chi connectivity index (χ2v) is 6.94. The highest BCUT2D eigenvalue weighted by molar-refractivity contribution is 7.91. The summed E-state index contributed by atoms with van der Waals surface area (Å²) >= 11 is 0.726. The van der Waals surface area contributed by atoms with Gasteiger partial charge in [0.2, 0.25) is 0 Å². The predicted molar refractivity (Wildman–Crippen MR) is 72.3 cm³/mol. The number of carboxylic acids is 1. The first-order valence-electron chi connectivity index (χ1n) is 5.75. The summed E-state index contributed by atoms with van der Waals surface area (Å²) in [6, 6.07) is 1.37. The molecule has 1 heterocycles. The van der Waals surface area contributed by atoms with Crippen LogP contribution in [-0.2, 0) is 19.6 Å². The maximum atomic E-state index is 12.0. The van der Waals surface area contributed by atoms with E-state index in [0.717, 1.165) is 11.3 Å². The van der Waals surface area contributed by atoms with Crippen LogP contribution in [0.25, 0.3) is 0 Å². The van der Waals surface area contributed by atoms with Crippen LogP contribution in [0.3, 0.4) is 0 Å². The number of methoxy groups -OCH3 is 1. The summed E-state index contributed by atoms with van der Waals surface area (Å²) in [5.41, 5.74) is 0. The van der Waals surface area contributed by atoms with Crippen molar-refractivity contribution in [1.29, 1.82) is 0 Å². The van der Waals surface area contributed by atoms with Crippen molar-refractivity contribution in [3.05, 3.63) is 17.0 Å². The topological polar surface area (TPSA) is 110 Å². The molecule has 0 radical (unpaired) electrons. The third-order valence-electron chi connectivity index (χ3n) is 2.41. The number of carboxylic acid groups (broad SMARTS) is 1. The molecular formula is C11H15NO6S2. The Kier molecular flexibility index (Phi) is 5.66. The molecule has 0 bridgehead atoms. The highest BCUT2D eigenvalue weighted by Crippen LogP contribution is 2.22. The predicted octanol–water partition coefficient (Wildman–Crippen LogP) is 1.07. The summed E-state index contributed by atoms with van der Waals surface area (Å²) in [5, 5.41) is 8.95. The lowest BCUT2D eigenvalue weighted by atomic mass is 10.2. The van der Waals surface area contributed by atoms with Crippen molar-refractivity contribution >= 4 is 33.3 Å². The van der Waals surface area contributed by atoms with Crippen molar-refractivity contribution in [3.8, 4) is 0 Å². The third kappa shape index (κ3) is 4.02. The summed E-state index contributed by atoms with van der Waals surface area (Å²) in [7, 11) is -2.78. The van der Waals surface area contributed by atoms with E-state index in [4.69, 9.17) is 5.11 Å². The molecule has 0 saturated carbocycles. The van der Waals surface area contributed by atoms with Crippen molar-refractivity contribution in [3.63, 3.8) is 0 Å². The number of thiophene rings is 1. The number of nitrogens with one attached hydrogen (secondary N) is 1. The number of sulfonamides is 1. The largest absolute Gasteiger partial charge is 0.480 e. The van der Waals surface area contributed by atoms with Gasteiger partial charge in [0.1, 0.15) is 15.1 Å². The Bertz CT molecular complexity index is 592. The molecule has 1 unspecified atom stereocenters. The van der Waals surface area contributed by atoms with E-state index in [-0.39, 0.29) is 15.5 Å². The molecular weight excluding hydrogens is 306 g/mol. The lowest BCUT2D eigenvalue weighted by molar-refractivity contribution is -0.139. The number of carbonyl (C=O) groups excluding carboxylic acids is 1. The maximum Gasteiger partial charge on any atom is 0.348 e. The van der Waals surface area contributed by atoms with E-state index in [9.17, 15) is 18.0 Å². The Labute approximate surface area is 120 Å². The van der Waals surface area contributed by atoms with Crippen LogP contribution in [0, 0.1) is 0 Å². The van der Waals surface area contributed by atoms with Gasteiger partial charge in [0, 0.05) is 0 Å². The van der Waals surface area contributed by atoms with Gasteiger partial charge in [-0.05, 0) is 18.6 Å². The van der Waals surface area contributed by atoms with Gasteiger partial charge >= 0.3 is 11.9 Å². The fraction of sp³-hybridized carbons (Fsp3) is 0.455. The molecule has 1 atom stereocenters. The van der Waals surface area contributed by atoms with Gasteiger partial charge in [-0.2, -0.15) is 4.72 Å². The van der Waals surface area contributed by atoms with E-state index in [1.807, 2.05) is 0 Å². The second-order valence-electron chi connectivity index (χ2n) is 3.91. The Morgan fingerprint density at radius 1 is 1.45 bits per heavy atom. The van der Waals surface area contributed by atoms with E-state index in [0.29, 0.717) is 6.42 Å². The molecule has 0 amide bonds. The lowest BCUT2D eigenvalue weighted by Gasteiger charge is -2.12. The summed E-state index contributed by atoms with van der Waals surface area (Å²) in [6.45, 7) is 1.75. The van der Waals surface area contributed by atoms with Gasteiger partial charge in [0.25, 0.3) is 10.0 Å². The summed E-state index contributed by atoms with van der Waals surface area (Å²) < 4.78 is 30.5. The van der Waals surface area contributed by atoms with Crippen LogP contribution in [0.15, 0.2) is 16.3 Å². The minimum Gasteiger partial charge on any atom is -0.480 e. The molecule has 1 aromatic rings. The Morgan fingerprint density at radius 2 is 2.10 bits per heavy atom. The van der Waals surface area contributed by atoms with Crippen LogP contribution in [0.5, 0.6) is 0 Å². The van der Waals surface area contributed by atoms with E-state index >= 15 is 0 Å². The van der Waals surface area contributed by atoms with Gasteiger partial charge in [-0.3, -0.25) is 4.79 Å². The van der Waals surface area contributed by atoms with Gasteiger partial charge in [-0.15, -0.1) is 11.3 Å². The maximum absolute atomic E-state index is 12.0. The van der Waals surface area contributed by atoms with E-state index in [1.54, 1.807) is 6.92 Å². The molecule has 112 valence electrons. The molecule has 7 nitrogen and oxygen atoms in total. The van der Waals surface area contributed by atoms with Crippen LogP contribution in [0.4, 0.5) is 0 Å². The fourth-order valence-corrected chi connectivity index (χ4v) is 3.91. The van der Waals surface area contributed by atoms with E-state index < -0.39 is 28.0 Å². The van der Waals surface area contributed by atoms with Gasteiger partial charge in [-0.25, -0.2) is 13.2 Å². The first-order chi connectivity index (χ1) is 9.31. The van der Waals surface area contributed by atoms with Crippen molar-refractivity contribution in [2.45, 2.75) is 30.0 Å². The molecule has 0 aliphatic carbocycles. The summed E-state index contributed by atoms with van der Waals surface area (Å²) in [6.07, 6.45) is 0.709. The molecule has 1 aromatic heterocycles. The lowest BCUT2D eigenvalue weighted by Crippen LogP contribution is -2.40. The zero-order valence-corrected chi connectivity index (χ0v) is 12.6. The van der Waals surface area contributed by atoms with Crippen molar-refractivity contribution in [2.75, 3.05) is 7.11 Å². The number of aliphatic carboxylic acids is 1. The number of rotatable bonds is 7. The number of hydrogen-bond acceptors (Lipinski definition) is 6. The summed E-state index contributed by atoms with van der Waals surface area (Å²) in [4.78, 5) is 22.4. The average molecular weight is 321 g/mol. The van der Waals surface area contributed by atoms with Crippen LogP contribution in [0.1, 0.15) is 29.4 Å². The minimum absolute atomic E-state index is 0.125. The zero-order chi connectivity index (χ0) is 15.3. The molecule has 9 heteroatoms. The van der Waals surface area contributed by atoms with Crippen molar-refractivity contribution in [1.82, 2.24) is 4.72 Å². The smallest absolute Gasteiger partial charge is 0.348 e. The van der Waals surface area contributed by atoms with Gasteiger partial charge in [-0.1, -0.05) is 13.3 Å². The summed E-state index contributed by atoms with van der Waals surface area (Å²) in [5.74, 6) is -1.88. The number of hydrogen-bond donors (Lipinski definition) is 2.